The average molecular weight is 199 g/mol. The van der Waals surface area contributed by atoms with Crippen molar-refractivity contribution < 1.29 is 0 Å². The van der Waals surface area contributed by atoms with Crippen LogP contribution in [0.5, 0.6) is 0 Å². The molecule has 0 spiro atoms. The van der Waals surface area contributed by atoms with Gasteiger partial charge in [0.2, 0.25) is 0 Å². The van der Waals surface area contributed by atoms with E-state index in [0.717, 1.165) is 16.4 Å². The Bertz CT molecular complexity index is 708. The van der Waals surface area contributed by atoms with E-state index < -0.39 is 0 Å². The molecule has 0 radical (unpaired) electrons. The lowest BCUT2D eigenvalue weighted by atomic mass is 10.2. The minimum atomic E-state index is -0.135. The zero-order valence-electron chi connectivity index (χ0n) is 8.19. The maximum Gasteiger partial charge on any atom is 0.276 e. The molecule has 3 aromatic rings. The van der Waals surface area contributed by atoms with E-state index >= 15 is 0 Å². The number of benzene rings is 1. The fourth-order valence-electron chi connectivity index (χ4n) is 1.89. The van der Waals surface area contributed by atoms with Crippen LogP contribution in [0.2, 0.25) is 0 Å². The van der Waals surface area contributed by atoms with Crippen molar-refractivity contribution in [1.29, 1.82) is 0 Å². The Morgan fingerprint density at radius 3 is 3.00 bits per heavy atom. The molecule has 0 amide bonds. The summed E-state index contributed by atoms with van der Waals surface area (Å²) in [5.74, 6) is 0. The van der Waals surface area contributed by atoms with Crippen LogP contribution in [-0.2, 0) is 7.05 Å². The number of nitrogens with zero attached hydrogens (tertiary/aromatic N) is 2. The molecule has 1 N–H and O–H groups in total. The van der Waals surface area contributed by atoms with Crippen molar-refractivity contribution in [3.8, 4) is 0 Å². The Morgan fingerprint density at radius 2 is 2.13 bits per heavy atom. The van der Waals surface area contributed by atoms with E-state index in [2.05, 4.69) is 9.97 Å². The van der Waals surface area contributed by atoms with Gasteiger partial charge in [-0.3, -0.25) is 4.79 Å². The molecule has 0 aliphatic carbocycles. The van der Waals surface area contributed by atoms with Crippen molar-refractivity contribution in [1.82, 2.24) is 14.5 Å². The maximum atomic E-state index is 11.7. The van der Waals surface area contributed by atoms with Gasteiger partial charge in [-0.15, -0.1) is 0 Å². The van der Waals surface area contributed by atoms with Crippen LogP contribution in [-0.4, -0.2) is 14.5 Å². The summed E-state index contributed by atoms with van der Waals surface area (Å²) >= 11 is 0. The summed E-state index contributed by atoms with van der Waals surface area (Å²) in [4.78, 5) is 18.6. The number of pyridine rings is 1. The summed E-state index contributed by atoms with van der Waals surface area (Å²) in [6, 6.07) is 7.73. The SMILES string of the molecule is Cn1cnc2c(=O)[nH]c3ccccc3c21. The Balaban J connectivity index is 2.74. The molecule has 0 fully saturated rings. The number of aromatic amines is 1. The number of aryl methyl sites for hydroxylation is 1. The molecule has 1 aromatic carbocycles. The standard InChI is InChI=1S/C11H9N3O/c1-14-6-12-9-10(14)7-4-2-3-5-8(7)13-11(9)15/h2-6H,1H3,(H,13,15). The number of para-hydroxylation sites is 1. The van der Waals surface area contributed by atoms with Gasteiger partial charge in [-0.2, -0.15) is 0 Å². The van der Waals surface area contributed by atoms with Gasteiger partial charge in [0.25, 0.3) is 5.56 Å². The van der Waals surface area contributed by atoms with Crippen molar-refractivity contribution in [3.63, 3.8) is 0 Å². The number of hydrogen-bond donors (Lipinski definition) is 1. The van der Waals surface area contributed by atoms with Crippen molar-refractivity contribution in [2.24, 2.45) is 7.05 Å². The van der Waals surface area contributed by atoms with E-state index in [9.17, 15) is 4.79 Å². The van der Waals surface area contributed by atoms with Crippen LogP contribution in [0.4, 0.5) is 0 Å². The summed E-state index contributed by atoms with van der Waals surface area (Å²) < 4.78 is 1.87. The van der Waals surface area contributed by atoms with Gasteiger partial charge in [0.1, 0.15) is 0 Å². The van der Waals surface area contributed by atoms with Gasteiger partial charge in [0, 0.05) is 12.4 Å². The van der Waals surface area contributed by atoms with E-state index in [4.69, 9.17) is 0 Å². The van der Waals surface area contributed by atoms with Crippen molar-refractivity contribution >= 4 is 21.9 Å². The van der Waals surface area contributed by atoms with Crippen LogP contribution < -0.4 is 5.56 Å². The molecule has 0 aliphatic rings. The van der Waals surface area contributed by atoms with Gasteiger partial charge in [-0.25, -0.2) is 4.98 Å². The smallest absolute Gasteiger partial charge is 0.276 e. The second kappa shape index (κ2) is 2.70. The minimum absolute atomic E-state index is 0.135. The molecule has 0 saturated heterocycles. The van der Waals surface area contributed by atoms with Crippen molar-refractivity contribution in [2.75, 3.05) is 0 Å². The van der Waals surface area contributed by atoms with Crippen LogP contribution in [0.3, 0.4) is 0 Å². The predicted octanol–water partition coefficient (Wildman–Crippen LogP) is 1.41. The zero-order chi connectivity index (χ0) is 10.4. The second-order valence-corrected chi connectivity index (χ2v) is 3.55. The number of nitrogens with one attached hydrogen (secondary N) is 1. The molecule has 2 aromatic heterocycles. The number of H-pyrrole nitrogens is 1. The number of imidazole rings is 1. The Morgan fingerprint density at radius 1 is 1.33 bits per heavy atom. The summed E-state index contributed by atoms with van der Waals surface area (Å²) in [5, 5.41) is 1.02. The summed E-state index contributed by atoms with van der Waals surface area (Å²) in [6.07, 6.45) is 1.66. The van der Waals surface area contributed by atoms with Crippen LogP contribution >= 0.6 is 0 Å². The van der Waals surface area contributed by atoms with E-state index in [1.54, 1.807) is 6.33 Å². The first kappa shape index (κ1) is 8.23. The van der Waals surface area contributed by atoms with Gasteiger partial charge in [-0.05, 0) is 6.07 Å². The third-order valence-corrected chi connectivity index (χ3v) is 2.58. The zero-order valence-corrected chi connectivity index (χ0v) is 8.19. The number of hydrogen-bond acceptors (Lipinski definition) is 2. The van der Waals surface area contributed by atoms with E-state index in [1.807, 2.05) is 35.9 Å². The molecule has 74 valence electrons. The summed E-state index contributed by atoms with van der Waals surface area (Å²) in [5.41, 5.74) is 2.09. The first-order valence-corrected chi connectivity index (χ1v) is 4.69. The number of fused-ring (bicyclic) bond motifs is 3. The van der Waals surface area contributed by atoms with Crippen LogP contribution in [0.25, 0.3) is 21.9 Å². The normalized spacial score (nSPS) is 11.3. The molecule has 15 heavy (non-hydrogen) atoms. The molecule has 4 heteroatoms. The predicted molar refractivity (Wildman–Crippen MR) is 58.8 cm³/mol. The summed E-state index contributed by atoms with van der Waals surface area (Å²) in [7, 11) is 1.89. The molecular weight excluding hydrogens is 190 g/mol. The highest BCUT2D eigenvalue weighted by molar-refractivity contribution is 6.01. The third-order valence-electron chi connectivity index (χ3n) is 2.58. The lowest BCUT2D eigenvalue weighted by molar-refractivity contribution is 0.951. The number of aromatic nitrogens is 3. The highest BCUT2D eigenvalue weighted by Gasteiger charge is 2.08. The Kier molecular flexibility index (Phi) is 1.48. The third kappa shape index (κ3) is 1.01. The number of rotatable bonds is 0. The fraction of sp³-hybridized carbons (Fsp3) is 0.0909. The summed E-state index contributed by atoms with van der Waals surface area (Å²) in [6.45, 7) is 0. The molecule has 0 bridgehead atoms. The fourth-order valence-corrected chi connectivity index (χ4v) is 1.89. The van der Waals surface area contributed by atoms with Gasteiger partial charge in [-0.1, -0.05) is 18.2 Å². The van der Waals surface area contributed by atoms with Gasteiger partial charge in [0.05, 0.1) is 17.4 Å². The molecule has 2 heterocycles. The van der Waals surface area contributed by atoms with Crippen LogP contribution in [0, 0.1) is 0 Å². The van der Waals surface area contributed by atoms with E-state index in [1.165, 1.54) is 0 Å². The van der Waals surface area contributed by atoms with Crippen molar-refractivity contribution in [2.45, 2.75) is 0 Å². The highest BCUT2D eigenvalue weighted by Crippen LogP contribution is 2.18. The van der Waals surface area contributed by atoms with Crippen LogP contribution in [0.15, 0.2) is 35.4 Å². The highest BCUT2D eigenvalue weighted by atomic mass is 16.1. The van der Waals surface area contributed by atoms with E-state index in [0.29, 0.717) is 5.52 Å². The molecule has 0 aliphatic heterocycles. The minimum Gasteiger partial charge on any atom is -0.333 e. The largest absolute Gasteiger partial charge is 0.333 e. The monoisotopic (exact) mass is 199 g/mol. The first-order valence-electron chi connectivity index (χ1n) is 4.69. The average Bonchev–Trinajstić information content (AvgIpc) is 2.62. The molecule has 0 atom stereocenters. The molecule has 4 nitrogen and oxygen atoms in total. The van der Waals surface area contributed by atoms with Crippen molar-refractivity contribution in [3.05, 3.63) is 40.9 Å². The molecule has 0 saturated carbocycles. The second-order valence-electron chi connectivity index (χ2n) is 3.55. The van der Waals surface area contributed by atoms with Gasteiger partial charge >= 0.3 is 0 Å². The molecule has 0 unspecified atom stereocenters. The maximum absolute atomic E-state index is 11.7. The van der Waals surface area contributed by atoms with Crippen LogP contribution in [0.1, 0.15) is 0 Å². The lowest BCUT2D eigenvalue weighted by Gasteiger charge is -2.00. The Hall–Kier alpha value is -2.10. The van der Waals surface area contributed by atoms with Gasteiger partial charge in [0.15, 0.2) is 5.52 Å². The topological polar surface area (TPSA) is 50.7 Å². The molecular formula is C11H9N3O. The van der Waals surface area contributed by atoms with E-state index in [-0.39, 0.29) is 5.56 Å². The van der Waals surface area contributed by atoms with Gasteiger partial charge < -0.3 is 9.55 Å². The molecule has 3 rings (SSSR count). The quantitative estimate of drug-likeness (QED) is 0.595. The first-order chi connectivity index (χ1) is 7.27. The Labute approximate surface area is 85.2 Å². The lowest BCUT2D eigenvalue weighted by Crippen LogP contribution is -2.06.